The molecule has 2 aliphatic heterocycles. The molecule has 2 aliphatic rings. The van der Waals surface area contributed by atoms with Crippen molar-refractivity contribution in [2.45, 2.75) is 224 Å². The van der Waals surface area contributed by atoms with Crippen LogP contribution < -0.4 is 31.9 Å². The summed E-state index contributed by atoms with van der Waals surface area (Å²) in [6, 6.07) is 36.5. The lowest BCUT2D eigenvalue weighted by Gasteiger charge is -2.21. The van der Waals surface area contributed by atoms with Crippen molar-refractivity contribution >= 4 is 141 Å². The number of aliphatic imine (C=N–C) groups is 4. The molecule has 8 bridgehead atoms. The van der Waals surface area contributed by atoms with Crippen LogP contribution >= 0.6 is 0 Å². The quantitative estimate of drug-likeness (QED) is 0.0244. The number of hydrogen-bond donors (Lipinski definition) is 8. The van der Waals surface area contributed by atoms with Crippen molar-refractivity contribution in [1.29, 1.82) is 0 Å². The normalized spacial score (nSPS) is 13.1. The number of benzene rings is 4. The molecule has 0 aliphatic carbocycles. The average molecular weight is 1640 g/mol. The van der Waals surface area contributed by atoms with E-state index in [2.05, 4.69) is 61.8 Å². The Labute approximate surface area is 698 Å². The van der Waals surface area contributed by atoms with Crippen molar-refractivity contribution < 1.29 is 76.3 Å². The number of amidine groups is 2. The Balaban J connectivity index is 1.31. The van der Waals surface area contributed by atoms with Crippen LogP contribution in [0.1, 0.15) is 202 Å². The second-order valence-corrected chi connectivity index (χ2v) is 36.1. The second-order valence-electron chi connectivity index (χ2n) is 36.1. The van der Waals surface area contributed by atoms with Gasteiger partial charge in [-0.2, -0.15) is 9.98 Å². The molecule has 8 N–H and O–H groups in total. The van der Waals surface area contributed by atoms with Crippen molar-refractivity contribution in [2.24, 2.45) is 20.0 Å². The van der Waals surface area contributed by atoms with Crippen LogP contribution in [0.3, 0.4) is 0 Å². The molecule has 5 heterocycles. The number of alkyl carbamates (subject to hydrolysis) is 2. The Bertz CT molecular complexity index is 4760. The smallest absolute Gasteiger partial charge is 0.437 e. The zero-order chi connectivity index (χ0) is 88.4. The zero-order valence-electron chi connectivity index (χ0n) is 72.5. The van der Waals surface area contributed by atoms with Gasteiger partial charge in [-0.1, -0.05) is 48.5 Å². The molecule has 30 heteroatoms. The number of amides is 6. The van der Waals surface area contributed by atoms with Crippen molar-refractivity contribution in [3.63, 3.8) is 0 Å². The monoisotopic (exact) mass is 1640 g/mol. The first-order chi connectivity index (χ1) is 55.6. The van der Waals surface area contributed by atoms with Crippen molar-refractivity contribution in [3.8, 4) is 44.5 Å². The Morgan fingerprint density at radius 3 is 0.725 bits per heavy atom. The molecule has 0 saturated heterocycles. The van der Waals surface area contributed by atoms with E-state index in [9.17, 15) is 38.4 Å². The summed E-state index contributed by atoms with van der Waals surface area (Å²) in [5.41, 5.74) is 4.00. The molecule has 0 saturated carbocycles. The van der Waals surface area contributed by atoms with E-state index < -0.39 is 106 Å². The van der Waals surface area contributed by atoms with Gasteiger partial charge in [-0.15, -0.1) is 9.98 Å². The van der Waals surface area contributed by atoms with Crippen molar-refractivity contribution in [2.75, 3.05) is 21.3 Å². The number of ether oxygens (including phenoxy) is 8. The molecule has 0 fully saturated rings. The molecule has 0 unspecified atom stereocenters. The summed E-state index contributed by atoms with van der Waals surface area (Å²) in [7, 11) is 0. The van der Waals surface area contributed by atoms with E-state index in [1.54, 1.807) is 215 Å². The third-order valence-corrected chi connectivity index (χ3v) is 15.7. The Kier molecular flexibility index (Phi) is 27.4. The van der Waals surface area contributed by atoms with Crippen LogP contribution in [0, 0.1) is 0 Å². The number of esters is 2. The van der Waals surface area contributed by atoms with Crippen LogP contribution in [-0.2, 0) is 47.5 Å². The summed E-state index contributed by atoms with van der Waals surface area (Å²) in [5.74, 6) is -1.88. The summed E-state index contributed by atoms with van der Waals surface area (Å²) < 4.78 is 44.5. The predicted octanol–water partition coefficient (Wildman–Crippen LogP) is 20.7. The summed E-state index contributed by atoms with van der Waals surface area (Å²) in [5, 5.41) is 17.5. The van der Waals surface area contributed by atoms with E-state index in [1.165, 1.54) is 0 Å². The number of guanidine groups is 2. The molecule has 4 aromatic carbocycles. The number of carbonyl (C=O) groups excluding carboxylic acids is 8. The number of fused-ring (bicyclic) bond motifs is 8. The number of nitrogens with one attached hydrogen (secondary N) is 8. The van der Waals surface area contributed by atoms with Crippen molar-refractivity contribution in [1.82, 2.24) is 30.6 Å². The van der Waals surface area contributed by atoms with Crippen LogP contribution in [-0.4, -0.2) is 137 Å². The van der Waals surface area contributed by atoms with Crippen LogP contribution in [0.5, 0.6) is 0 Å². The highest BCUT2D eigenvalue weighted by Gasteiger charge is 2.29. The first-order valence-electron chi connectivity index (χ1n) is 38.9. The minimum atomic E-state index is -0.977. The number of carbonyl (C=O) groups is 8. The number of nitrogens with zero attached hydrogens (tertiary/aromatic N) is 6. The van der Waals surface area contributed by atoms with E-state index in [0.717, 1.165) is 0 Å². The zero-order valence-corrected chi connectivity index (χ0v) is 72.5. The van der Waals surface area contributed by atoms with E-state index in [0.29, 0.717) is 112 Å². The molecule has 6 amide bonds. The second kappa shape index (κ2) is 36.3. The third-order valence-electron chi connectivity index (χ3n) is 15.7. The van der Waals surface area contributed by atoms with Crippen LogP contribution in [0.25, 0.3) is 90.9 Å². The molecule has 0 radical (unpaired) electrons. The number of aromatic nitrogens is 4. The van der Waals surface area contributed by atoms with Gasteiger partial charge >= 0.3 is 48.5 Å². The SMILES string of the molecule is CC(C)(C)OC(=O)CC(=NC(=O)OC(C)(C)C)Nc1ccc(-c2c3nc(c(-c4ccc(NC(=NC(=O)OC(C)(C)C)NC(=O)OC(C)(C)C)cc4)c4ccc([nH]4)c(-c4ccc(NC(CC(=O)OC(C)(C)C)=NC(=O)OC(C)(C)C)cc4)c4nc(c(-c5ccc(NC(=NC(=O)OC(C)(C)C)NC(=O)OC(C)(C)C)cc5)c5ccc2[nH]5)C=C4)C=C3)cc1. The minimum absolute atomic E-state index is 0.0276. The van der Waals surface area contributed by atoms with E-state index in [4.69, 9.17) is 47.9 Å². The topological polar surface area (TPSA) is 389 Å². The van der Waals surface area contributed by atoms with Gasteiger partial charge in [0.15, 0.2) is 0 Å². The first-order valence-corrected chi connectivity index (χ1v) is 38.9. The highest BCUT2D eigenvalue weighted by molar-refractivity contribution is 6.12. The molecule has 120 heavy (non-hydrogen) atoms. The minimum Gasteiger partial charge on any atom is -0.460 e. The van der Waals surface area contributed by atoms with Gasteiger partial charge in [0, 0.05) is 67.1 Å². The standard InChI is InChI=1S/C90H108N14O16/c1-83(2,3)113-69(105)49-67(99-77(107)115-85(7,8)9)91-55-33-25-51(26-34-55)71-59-41-45-63(95-59)73(53-29-37-57(38-30-53)93-75(101-79(109)117-87(13,14)15)102-80(110)118-88(16,17)18)65-47-43-61(97-65)72(52-27-35-56(36-28-52)92-68(50-70(106)114-84(4,5)6)100-78(108)116-86(10,11)12)62-44-48-66(98-62)74(64-46-42-60(71)96-64)54-31-39-58(40-32-54)94-76(103-81(111)119-89(19,20)21)104-82(112)120-90(22,23)24/h25-48,95,98H,49-50H2,1-24H3,(H,91,99,107)(H,92,100,108)(H2,93,101,102,109,110)(H2,94,103,104,111,112). The highest BCUT2D eigenvalue weighted by atomic mass is 16.6. The molecule has 9 rings (SSSR count). The van der Waals surface area contributed by atoms with Crippen LogP contribution in [0.15, 0.2) is 141 Å². The summed E-state index contributed by atoms with van der Waals surface area (Å²) >= 11 is 0. The maximum atomic E-state index is 13.4. The van der Waals surface area contributed by atoms with Gasteiger partial charge < -0.3 is 69.1 Å². The van der Waals surface area contributed by atoms with Gasteiger partial charge in [0.25, 0.3) is 0 Å². The molecular weight excluding hydrogens is 1530 g/mol. The van der Waals surface area contributed by atoms with Gasteiger partial charge in [0.2, 0.25) is 11.9 Å². The summed E-state index contributed by atoms with van der Waals surface area (Å²) in [6.45, 7) is 41.0. The fraction of sp³-hybridized carbons (Fsp3) is 0.378. The fourth-order valence-corrected chi connectivity index (χ4v) is 11.7. The number of H-pyrrole nitrogens is 2. The van der Waals surface area contributed by atoms with Crippen molar-refractivity contribution in [3.05, 3.63) is 144 Å². The third kappa shape index (κ3) is 28.5. The average Bonchev–Trinajstić information content (AvgIpc) is 1.61. The fourth-order valence-electron chi connectivity index (χ4n) is 11.7. The highest BCUT2D eigenvalue weighted by Crippen LogP contribution is 2.40. The Morgan fingerprint density at radius 1 is 0.283 bits per heavy atom. The Morgan fingerprint density at radius 2 is 0.500 bits per heavy atom. The van der Waals surface area contributed by atoms with Crippen LogP contribution in [0.2, 0.25) is 0 Å². The van der Waals surface area contributed by atoms with Gasteiger partial charge in [0.1, 0.15) is 69.3 Å². The van der Waals surface area contributed by atoms with E-state index in [-0.39, 0.29) is 23.6 Å². The summed E-state index contributed by atoms with van der Waals surface area (Å²) in [6.07, 6.45) is 1.23. The number of hydrogen-bond acceptors (Lipinski definition) is 18. The lowest BCUT2D eigenvalue weighted by Crippen LogP contribution is -2.40. The van der Waals surface area contributed by atoms with E-state index >= 15 is 0 Å². The molecule has 634 valence electrons. The molecule has 3 aromatic heterocycles. The Hall–Kier alpha value is -13.3. The number of aromatic amines is 2. The van der Waals surface area contributed by atoms with Gasteiger partial charge in [-0.25, -0.2) is 38.7 Å². The van der Waals surface area contributed by atoms with Gasteiger partial charge in [-0.3, -0.25) is 20.2 Å². The number of anilines is 4. The number of rotatable bonds is 12. The lowest BCUT2D eigenvalue weighted by atomic mass is 10.0. The first kappa shape index (κ1) is 90.6. The lowest BCUT2D eigenvalue weighted by molar-refractivity contribution is -0.154. The molecule has 0 atom stereocenters. The molecule has 30 nitrogen and oxygen atoms in total. The van der Waals surface area contributed by atoms with E-state index in [1.807, 2.05) is 97.1 Å². The van der Waals surface area contributed by atoms with Crippen LogP contribution in [0.4, 0.5) is 51.5 Å². The maximum absolute atomic E-state index is 13.4. The molecule has 7 aromatic rings. The largest absolute Gasteiger partial charge is 0.460 e. The maximum Gasteiger partial charge on any atom is 0.437 e. The molecular formula is C90H108N14O16. The summed E-state index contributed by atoms with van der Waals surface area (Å²) in [4.78, 5) is 141. The van der Waals surface area contributed by atoms with Gasteiger partial charge in [0.05, 0.1) is 22.8 Å². The molecule has 0 spiro atoms. The van der Waals surface area contributed by atoms with Gasteiger partial charge in [-0.05, 0) is 286 Å². The predicted molar refractivity (Wildman–Crippen MR) is 469 cm³/mol.